The number of fused-ring (bicyclic) bond motifs is 1. The number of aromatic amines is 1. The minimum Gasteiger partial charge on any atom is -0.494 e. The Morgan fingerprint density at radius 3 is 2.84 bits per heavy atom. The van der Waals surface area contributed by atoms with E-state index in [9.17, 15) is 4.79 Å². The van der Waals surface area contributed by atoms with Crippen molar-refractivity contribution in [3.63, 3.8) is 0 Å². The number of ketones is 1. The quantitative estimate of drug-likeness (QED) is 0.594. The predicted octanol–water partition coefficient (Wildman–Crippen LogP) is 4.33. The number of hydrogen-bond donors (Lipinski definition) is 1. The van der Waals surface area contributed by atoms with E-state index >= 15 is 0 Å². The Balaban J connectivity index is 2.22. The summed E-state index contributed by atoms with van der Waals surface area (Å²) in [5.41, 5.74) is 1.77. The summed E-state index contributed by atoms with van der Waals surface area (Å²) >= 11 is 0. The number of carbonyl (C=O) groups excluding carboxylic acids is 1. The number of hydrogen-bond acceptors (Lipinski definition) is 2. The Labute approximate surface area is 114 Å². The molecule has 2 rings (SSSR count). The molecule has 1 aromatic heterocycles. The van der Waals surface area contributed by atoms with E-state index in [1.165, 1.54) is 0 Å². The van der Waals surface area contributed by atoms with Crippen LogP contribution in [-0.4, -0.2) is 17.4 Å². The Morgan fingerprint density at radius 1 is 1.26 bits per heavy atom. The maximum absolute atomic E-state index is 12.2. The first-order chi connectivity index (χ1) is 9.26. The van der Waals surface area contributed by atoms with E-state index in [4.69, 9.17) is 4.74 Å². The van der Waals surface area contributed by atoms with Crippen LogP contribution in [0.4, 0.5) is 0 Å². The van der Waals surface area contributed by atoms with Gasteiger partial charge in [-0.1, -0.05) is 19.8 Å². The number of aromatic nitrogens is 1. The summed E-state index contributed by atoms with van der Waals surface area (Å²) in [6.45, 7) is 4.73. The van der Waals surface area contributed by atoms with Gasteiger partial charge in [0.05, 0.1) is 6.61 Å². The molecule has 0 spiro atoms. The van der Waals surface area contributed by atoms with Crippen LogP contribution in [0.3, 0.4) is 0 Å². The lowest BCUT2D eigenvalue weighted by Gasteiger charge is -2.03. The molecule has 1 heterocycles. The van der Waals surface area contributed by atoms with Crippen molar-refractivity contribution in [2.75, 3.05) is 6.61 Å². The molecule has 19 heavy (non-hydrogen) atoms. The molecule has 0 saturated heterocycles. The predicted molar refractivity (Wildman–Crippen MR) is 77.9 cm³/mol. The fourth-order valence-electron chi connectivity index (χ4n) is 2.26. The summed E-state index contributed by atoms with van der Waals surface area (Å²) in [6.07, 6.45) is 5.65. The fraction of sp³-hybridized carbons (Fsp3) is 0.438. The minimum absolute atomic E-state index is 0.216. The summed E-state index contributed by atoms with van der Waals surface area (Å²) in [7, 11) is 0. The number of carbonyl (C=O) groups is 1. The van der Waals surface area contributed by atoms with E-state index in [1.807, 2.05) is 31.3 Å². The van der Waals surface area contributed by atoms with E-state index < -0.39 is 0 Å². The first-order valence-electron chi connectivity index (χ1n) is 7.03. The highest BCUT2D eigenvalue weighted by molar-refractivity contribution is 6.08. The van der Waals surface area contributed by atoms with Crippen molar-refractivity contribution in [1.82, 2.24) is 4.98 Å². The fourth-order valence-corrected chi connectivity index (χ4v) is 2.26. The molecule has 0 aliphatic heterocycles. The summed E-state index contributed by atoms with van der Waals surface area (Å²) < 4.78 is 5.49. The normalized spacial score (nSPS) is 10.8. The molecule has 0 amide bonds. The second kappa shape index (κ2) is 6.41. The number of Topliss-reactive ketones (excluding diaryl/α,β-unsaturated/α-hetero) is 1. The smallest absolute Gasteiger partial charge is 0.165 e. The lowest BCUT2D eigenvalue weighted by molar-refractivity contribution is 0.0981. The molecule has 0 atom stereocenters. The second-order valence-electron chi connectivity index (χ2n) is 4.72. The monoisotopic (exact) mass is 259 g/mol. The van der Waals surface area contributed by atoms with Crippen LogP contribution in [-0.2, 0) is 0 Å². The third-order valence-corrected chi connectivity index (χ3v) is 3.27. The second-order valence-corrected chi connectivity index (χ2v) is 4.72. The summed E-state index contributed by atoms with van der Waals surface area (Å²) in [5.74, 6) is 1.03. The lowest BCUT2D eigenvalue weighted by Crippen LogP contribution is -1.98. The van der Waals surface area contributed by atoms with Crippen LogP contribution in [0.5, 0.6) is 5.75 Å². The zero-order chi connectivity index (χ0) is 13.7. The molecule has 0 saturated carbocycles. The van der Waals surface area contributed by atoms with Crippen LogP contribution in [0, 0.1) is 0 Å². The van der Waals surface area contributed by atoms with Crippen molar-refractivity contribution in [3.8, 4) is 5.75 Å². The standard InChI is InChI=1S/C16H21NO2/c1-3-5-6-7-16(18)14-11-17-15-9-8-12(19-4-2)10-13(14)15/h8-11,17H,3-7H2,1-2H3. The van der Waals surface area contributed by atoms with Gasteiger partial charge >= 0.3 is 0 Å². The van der Waals surface area contributed by atoms with Crippen LogP contribution in [0.1, 0.15) is 49.9 Å². The summed E-state index contributed by atoms with van der Waals surface area (Å²) in [4.78, 5) is 15.4. The van der Waals surface area contributed by atoms with Gasteiger partial charge in [0.1, 0.15) is 5.75 Å². The maximum Gasteiger partial charge on any atom is 0.165 e. The number of unbranched alkanes of at least 4 members (excludes halogenated alkanes) is 2. The van der Waals surface area contributed by atoms with E-state index in [1.54, 1.807) is 0 Å². The zero-order valence-electron chi connectivity index (χ0n) is 11.7. The molecular weight excluding hydrogens is 238 g/mol. The molecule has 0 aliphatic carbocycles. The third-order valence-electron chi connectivity index (χ3n) is 3.27. The average Bonchev–Trinajstić information content (AvgIpc) is 2.82. The number of H-pyrrole nitrogens is 1. The topological polar surface area (TPSA) is 42.1 Å². The van der Waals surface area contributed by atoms with Crippen molar-refractivity contribution in [2.24, 2.45) is 0 Å². The zero-order valence-corrected chi connectivity index (χ0v) is 11.7. The molecule has 0 unspecified atom stereocenters. The van der Waals surface area contributed by atoms with Crippen LogP contribution in [0.25, 0.3) is 10.9 Å². The van der Waals surface area contributed by atoms with Crippen molar-refractivity contribution >= 4 is 16.7 Å². The molecule has 102 valence electrons. The minimum atomic E-state index is 0.216. The van der Waals surface area contributed by atoms with E-state index in [0.717, 1.165) is 41.5 Å². The molecule has 3 heteroatoms. The molecule has 0 fully saturated rings. The molecule has 0 bridgehead atoms. The van der Waals surface area contributed by atoms with Crippen molar-refractivity contribution < 1.29 is 9.53 Å². The molecule has 0 aliphatic rings. The highest BCUT2D eigenvalue weighted by Crippen LogP contribution is 2.25. The Hall–Kier alpha value is -1.77. The lowest BCUT2D eigenvalue weighted by atomic mass is 10.0. The molecule has 1 aromatic carbocycles. The van der Waals surface area contributed by atoms with E-state index in [2.05, 4.69) is 11.9 Å². The molecule has 0 radical (unpaired) electrons. The largest absolute Gasteiger partial charge is 0.494 e. The van der Waals surface area contributed by atoms with E-state index in [0.29, 0.717) is 13.0 Å². The van der Waals surface area contributed by atoms with Crippen LogP contribution in [0.2, 0.25) is 0 Å². The molecule has 1 N–H and O–H groups in total. The maximum atomic E-state index is 12.2. The number of nitrogens with one attached hydrogen (secondary N) is 1. The van der Waals surface area contributed by atoms with Crippen LogP contribution >= 0.6 is 0 Å². The highest BCUT2D eigenvalue weighted by atomic mass is 16.5. The number of ether oxygens (including phenoxy) is 1. The van der Waals surface area contributed by atoms with Gasteiger partial charge in [-0.15, -0.1) is 0 Å². The van der Waals surface area contributed by atoms with Gasteiger partial charge in [0.25, 0.3) is 0 Å². The number of benzene rings is 1. The van der Waals surface area contributed by atoms with Crippen molar-refractivity contribution in [3.05, 3.63) is 30.0 Å². The summed E-state index contributed by atoms with van der Waals surface area (Å²) in [6, 6.07) is 5.83. The van der Waals surface area contributed by atoms with Gasteiger partial charge in [-0.25, -0.2) is 0 Å². The van der Waals surface area contributed by atoms with Gasteiger partial charge in [0.2, 0.25) is 0 Å². The van der Waals surface area contributed by atoms with Gasteiger partial charge in [0, 0.05) is 29.1 Å². The average molecular weight is 259 g/mol. The first-order valence-corrected chi connectivity index (χ1v) is 7.03. The van der Waals surface area contributed by atoms with Gasteiger partial charge < -0.3 is 9.72 Å². The van der Waals surface area contributed by atoms with E-state index in [-0.39, 0.29) is 5.78 Å². The third kappa shape index (κ3) is 3.16. The van der Waals surface area contributed by atoms with Gasteiger partial charge in [-0.05, 0) is 31.5 Å². The van der Waals surface area contributed by atoms with Gasteiger partial charge in [0.15, 0.2) is 5.78 Å². The summed E-state index contributed by atoms with van der Waals surface area (Å²) in [5, 5.41) is 0.965. The van der Waals surface area contributed by atoms with Crippen LogP contribution < -0.4 is 4.74 Å². The molecular formula is C16H21NO2. The van der Waals surface area contributed by atoms with Gasteiger partial charge in [-0.3, -0.25) is 4.79 Å². The Kier molecular flexibility index (Phi) is 4.61. The molecule has 3 nitrogen and oxygen atoms in total. The molecule has 2 aromatic rings. The van der Waals surface area contributed by atoms with Gasteiger partial charge in [-0.2, -0.15) is 0 Å². The Morgan fingerprint density at radius 2 is 2.11 bits per heavy atom. The van der Waals surface area contributed by atoms with Crippen molar-refractivity contribution in [2.45, 2.75) is 39.5 Å². The first kappa shape index (κ1) is 13.7. The van der Waals surface area contributed by atoms with Crippen LogP contribution in [0.15, 0.2) is 24.4 Å². The van der Waals surface area contributed by atoms with Crippen molar-refractivity contribution in [1.29, 1.82) is 0 Å². The number of rotatable bonds is 7. The Bertz CT molecular complexity index is 557. The highest BCUT2D eigenvalue weighted by Gasteiger charge is 2.12. The SMILES string of the molecule is CCCCCC(=O)c1c[nH]c2ccc(OCC)cc12.